The van der Waals surface area contributed by atoms with Gasteiger partial charge in [-0.05, 0) is 26.2 Å². The van der Waals surface area contributed by atoms with Gasteiger partial charge in [0.2, 0.25) is 0 Å². The fourth-order valence-electron chi connectivity index (χ4n) is 1.89. The smallest absolute Gasteiger partial charge is 0.306 e. The van der Waals surface area contributed by atoms with Crippen LogP contribution in [0.3, 0.4) is 0 Å². The van der Waals surface area contributed by atoms with E-state index in [4.69, 9.17) is 4.55 Å². The van der Waals surface area contributed by atoms with Gasteiger partial charge in [0.05, 0.1) is 10.7 Å². The molecular weight excluding hydrogens is 217 g/mol. The first-order valence-corrected chi connectivity index (χ1v) is 5.54. The molecule has 0 amide bonds. The Morgan fingerprint density at radius 1 is 1.50 bits per heavy atom. The average molecular weight is 230 g/mol. The van der Waals surface area contributed by atoms with Gasteiger partial charge in [-0.15, -0.1) is 0 Å². The van der Waals surface area contributed by atoms with Crippen LogP contribution >= 0.6 is 0 Å². The monoisotopic (exact) mass is 230 g/mol. The minimum atomic E-state index is -4.24. The largest absolute Gasteiger partial charge is 0.391 e. The third kappa shape index (κ3) is 2.48. The first kappa shape index (κ1) is 12.0. The van der Waals surface area contributed by atoms with Gasteiger partial charge in [0.25, 0.3) is 0 Å². The summed E-state index contributed by atoms with van der Waals surface area (Å²) >= 11 is -2.17. The second-order valence-electron chi connectivity index (χ2n) is 4.03. The minimum absolute atomic E-state index is 0.0797. The fraction of sp³-hybridized carbons (Fsp3) is 1.00. The van der Waals surface area contributed by atoms with Crippen molar-refractivity contribution in [2.45, 2.75) is 43.5 Å². The Morgan fingerprint density at radius 2 is 2.07 bits per heavy atom. The highest BCUT2D eigenvalue weighted by Gasteiger charge is 2.48. The zero-order valence-electron chi connectivity index (χ0n) is 7.80. The third-order valence-corrected chi connectivity index (χ3v) is 4.03. The van der Waals surface area contributed by atoms with E-state index in [1.165, 1.54) is 6.92 Å². The summed E-state index contributed by atoms with van der Waals surface area (Å²) in [6.45, 7) is 1.45. The number of halogens is 3. The average Bonchev–Trinajstić information content (AvgIpc) is 2.02. The molecule has 0 saturated heterocycles. The van der Waals surface area contributed by atoms with Crippen LogP contribution in [-0.2, 0) is 11.1 Å². The molecular formula is C8H13F3O2S. The Kier molecular flexibility index (Phi) is 3.26. The summed E-state index contributed by atoms with van der Waals surface area (Å²) in [4.78, 5) is 0. The van der Waals surface area contributed by atoms with Crippen LogP contribution in [0, 0.1) is 5.92 Å². The Balaban J connectivity index is 2.74. The third-order valence-electron chi connectivity index (χ3n) is 2.82. The second-order valence-corrected chi connectivity index (χ2v) is 5.52. The number of alkyl halides is 3. The molecule has 1 aliphatic rings. The molecule has 1 N–H and O–H groups in total. The first-order chi connectivity index (χ1) is 6.26. The van der Waals surface area contributed by atoms with Crippen molar-refractivity contribution < 1.29 is 21.9 Å². The zero-order valence-corrected chi connectivity index (χ0v) is 8.62. The van der Waals surface area contributed by atoms with Crippen LogP contribution < -0.4 is 0 Å². The summed E-state index contributed by atoms with van der Waals surface area (Å²) in [6, 6.07) is 0. The molecule has 2 unspecified atom stereocenters. The lowest BCUT2D eigenvalue weighted by atomic mass is 9.81. The molecule has 0 aromatic rings. The Labute approximate surface area is 83.2 Å². The summed E-state index contributed by atoms with van der Waals surface area (Å²) in [7, 11) is 0. The Morgan fingerprint density at radius 3 is 2.50 bits per heavy atom. The maximum absolute atomic E-state index is 12.4. The van der Waals surface area contributed by atoms with Crippen molar-refractivity contribution in [2.75, 3.05) is 0 Å². The standard InChI is InChI=1S/C8H13F3O2S/c1-7(14(12)13)4-2-3-6(5-7)8(9,10)11/h6H,2-5H2,1H3,(H,12,13)/t6?,7-/m0/s1. The molecule has 84 valence electrons. The van der Waals surface area contributed by atoms with E-state index < -0.39 is 27.9 Å². The molecule has 0 bridgehead atoms. The van der Waals surface area contributed by atoms with Gasteiger partial charge in [0.15, 0.2) is 11.1 Å². The maximum atomic E-state index is 12.4. The van der Waals surface area contributed by atoms with Crippen molar-refractivity contribution in [1.82, 2.24) is 0 Å². The molecule has 0 aliphatic heterocycles. The van der Waals surface area contributed by atoms with Gasteiger partial charge in [-0.25, -0.2) is 4.21 Å². The van der Waals surface area contributed by atoms with E-state index in [-0.39, 0.29) is 12.8 Å². The molecule has 1 rings (SSSR count). The second kappa shape index (κ2) is 3.81. The first-order valence-electron chi connectivity index (χ1n) is 4.43. The molecule has 3 atom stereocenters. The van der Waals surface area contributed by atoms with Crippen molar-refractivity contribution in [2.24, 2.45) is 5.92 Å². The van der Waals surface area contributed by atoms with Gasteiger partial charge in [0.1, 0.15) is 0 Å². The summed E-state index contributed by atoms with van der Waals surface area (Å²) < 4.78 is 55.8. The molecule has 0 radical (unpaired) electrons. The van der Waals surface area contributed by atoms with E-state index in [1.54, 1.807) is 0 Å². The predicted octanol–water partition coefficient (Wildman–Crippen LogP) is 2.72. The van der Waals surface area contributed by atoms with Crippen molar-refractivity contribution in [1.29, 1.82) is 0 Å². The van der Waals surface area contributed by atoms with Gasteiger partial charge in [-0.2, -0.15) is 13.2 Å². The number of hydrogen-bond donors (Lipinski definition) is 1. The highest BCUT2D eigenvalue weighted by Crippen LogP contribution is 2.43. The van der Waals surface area contributed by atoms with E-state index in [0.717, 1.165) is 0 Å². The summed E-state index contributed by atoms with van der Waals surface area (Å²) in [5.41, 5.74) is 0. The molecule has 0 aromatic heterocycles. The molecule has 14 heavy (non-hydrogen) atoms. The highest BCUT2D eigenvalue weighted by molar-refractivity contribution is 7.80. The molecule has 1 saturated carbocycles. The van der Waals surface area contributed by atoms with E-state index in [9.17, 15) is 17.4 Å². The van der Waals surface area contributed by atoms with E-state index >= 15 is 0 Å². The Hall–Kier alpha value is -0.100. The Bertz CT molecular complexity index is 241. The SMILES string of the molecule is C[C@]1(S(=O)O)CCCC(C(F)(F)F)C1. The molecule has 0 heterocycles. The summed E-state index contributed by atoms with van der Waals surface area (Å²) in [5.74, 6) is -1.42. The van der Waals surface area contributed by atoms with Crippen molar-refractivity contribution >= 4 is 11.1 Å². The van der Waals surface area contributed by atoms with Gasteiger partial charge in [-0.3, -0.25) is 0 Å². The van der Waals surface area contributed by atoms with Crippen LogP contribution in [-0.4, -0.2) is 19.7 Å². The lowest BCUT2D eigenvalue weighted by molar-refractivity contribution is -0.183. The topological polar surface area (TPSA) is 37.3 Å². The van der Waals surface area contributed by atoms with Crippen LogP contribution in [0.4, 0.5) is 13.2 Å². The summed E-state index contributed by atoms with van der Waals surface area (Å²) in [6.07, 6.45) is -3.63. The number of rotatable bonds is 1. The van der Waals surface area contributed by atoms with Gasteiger partial charge in [0, 0.05) is 0 Å². The van der Waals surface area contributed by atoms with Gasteiger partial charge < -0.3 is 4.55 Å². The van der Waals surface area contributed by atoms with Crippen molar-refractivity contribution in [3.05, 3.63) is 0 Å². The molecule has 6 heteroatoms. The van der Waals surface area contributed by atoms with Crippen LogP contribution in [0.25, 0.3) is 0 Å². The summed E-state index contributed by atoms with van der Waals surface area (Å²) in [5, 5.41) is 0. The molecule has 0 aromatic carbocycles. The lowest BCUT2D eigenvalue weighted by Gasteiger charge is -2.35. The van der Waals surface area contributed by atoms with E-state index in [1.807, 2.05) is 0 Å². The van der Waals surface area contributed by atoms with Crippen LogP contribution in [0.5, 0.6) is 0 Å². The van der Waals surface area contributed by atoms with Crippen molar-refractivity contribution in [3.8, 4) is 0 Å². The van der Waals surface area contributed by atoms with Gasteiger partial charge >= 0.3 is 6.18 Å². The van der Waals surface area contributed by atoms with Crippen molar-refractivity contribution in [3.63, 3.8) is 0 Å². The maximum Gasteiger partial charge on any atom is 0.391 e. The normalized spacial score (nSPS) is 36.8. The highest BCUT2D eigenvalue weighted by atomic mass is 32.2. The van der Waals surface area contributed by atoms with E-state index in [2.05, 4.69) is 0 Å². The van der Waals surface area contributed by atoms with E-state index in [0.29, 0.717) is 12.8 Å². The van der Waals surface area contributed by atoms with Gasteiger partial charge in [-0.1, -0.05) is 6.42 Å². The van der Waals surface area contributed by atoms with Crippen LogP contribution in [0.15, 0.2) is 0 Å². The zero-order chi connectivity index (χ0) is 11.0. The quantitative estimate of drug-likeness (QED) is 0.703. The molecule has 2 nitrogen and oxygen atoms in total. The lowest BCUT2D eigenvalue weighted by Crippen LogP contribution is -2.41. The molecule has 1 fully saturated rings. The fourth-order valence-corrected chi connectivity index (χ4v) is 2.55. The molecule has 1 aliphatic carbocycles. The molecule has 0 spiro atoms. The van der Waals surface area contributed by atoms with Crippen LogP contribution in [0.1, 0.15) is 32.6 Å². The van der Waals surface area contributed by atoms with Crippen LogP contribution in [0.2, 0.25) is 0 Å². The predicted molar refractivity (Wildman–Crippen MR) is 47.2 cm³/mol. The number of hydrogen-bond acceptors (Lipinski definition) is 1. The minimum Gasteiger partial charge on any atom is -0.306 e.